The Morgan fingerprint density at radius 3 is 2.56 bits per heavy atom. The Morgan fingerprint density at radius 2 is 1.80 bits per heavy atom. The minimum absolute atomic E-state index is 0.285. The van der Waals surface area contributed by atoms with E-state index in [9.17, 15) is 0 Å². The van der Waals surface area contributed by atoms with Crippen molar-refractivity contribution in [1.29, 1.82) is 0 Å². The maximum Gasteiger partial charge on any atom is 0.192 e. The molecule has 1 saturated carbocycles. The number of guanidine groups is 1. The van der Waals surface area contributed by atoms with Gasteiger partial charge in [0.1, 0.15) is 0 Å². The average Bonchev–Trinajstić information content (AvgIpc) is 3.13. The van der Waals surface area contributed by atoms with E-state index in [0.29, 0.717) is 12.0 Å². The quantitative estimate of drug-likeness (QED) is 0.858. The lowest BCUT2D eigenvalue weighted by Crippen LogP contribution is -2.35. The molecule has 25 heavy (non-hydrogen) atoms. The lowest BCUT2D eigenvalue weighted by molar-refractivity contribution is 0.366. The second kappa shape index (κ2) is 7.90. The van der Waals surface area contributed by atoms with Crippen LogP contribution in [0.2, 0.25) is 0 Å². The van der Waals surface area contributed by atoms with E-state index in [1.807, 2.05) is 0 Å². The first kappa shape index (κ1) is 16.4. The molecule has 4 rings (SSSR count). The second-order valence-electron chi connectivity index (χ2n) is 7.61. The summed E-state index contributed by atoms with van der Waals surface area (Å²) in [5.41, 5.74) is 1.34. The predicted octanol–water partition coefficient (Wildman–Crippen LogP) is 4.36. The van der Waals surface area contributed by atoms with Crippen molar-refractivity contribution in [2.45, 2.75) is 50.6 Å². The van der Waals surface area contributed by atoms with E-state index in [1.54, 1.807) is 0 Å². The Balaban J connectivity index is 1.49. The summed E-state index contributed by atoms with van der Waals surface area (Å²) in [5, 5.41) is 7.38. The van der Waals surface area contributed by atoms with E-state index < -0.39 is 0 Å². The second-order valence-corrected chi connectivity index (χ2v) is 7.61. The molecule has 3 nitrogen and oxygen atoms in total. The summed E-state index contributed by atoms with van der Waals surface area (Å²) in [5.74, 6) is 2.27. The molecular formula is C22H29N3. The number of benzene rings is 1. The molecule has 2 fully saturated rings. The Bertz CT molecular complexity index is 640. The van der Waals surface area contributed by atoms with E-state index in [0.717, 1.165) is 24.8 Å². The molecular weight excluding hydrogens is 306 g/mol. The number of nitrogens with zero attached hydrogens (tertiary/aromatic N) is 1. The van der Waals surface area contributed by atoms with Gasteiger partial charge in [0, 0.05) is 12.5 Å². The van der Waals surface area contributed by atoms with Crippen LogP contribution in [-0.4, -0.2) is 18.5 Å². The van der Waals surface area contributed by atoms with Gasteiger partial charge in [-0.1, -0.05) is 73.9 Å². The summed E-state index contributed by atoms with van der Waals surface area (Å²) in [6, 6.07) is 11.4. The van der Waals surface area contributed by atoms with Crippen LogP contribution >= 0.6 is 0 Å². The molecule has 2 aliphatic carbocycles. The number of hydrogen-bond donors (Lipinski definition) is 2. The van der Waals surface area contributed by atoms with Gasteiger partial charge in [-0.25, -0.2) is 0 Å². The minimum Gasteiger partial charge on any atom is -0.351 e. The molecule has 132 valence electrons. The number of nitrogens with one attached hydrogen (secondary N) is 2. The van der Waals surface area contributed by atoms with E-state index in [-0.39, 0.29) is 6.04 Å². The van der Waals surface area contributed by atoms with Gasteiger partial charge in [0.2, 0.25) is 0 Å². The van der Waals surface area contributed by atoms with Crippen LogP contribution in [0, 0.1) is 11.8 Å². The van der Waals surface area contributed by atoms with Crippen LogP contribution in [0.3, 0.4) is 0 Å². The lowest BCUT2D eigenvalue weighted by Gasteiger charge is -2.26. The molecule has 1 aromatic rings. The van der Waals surface area contributed by atoms with Gasteiger partial charge in [-0.05, 0) is 30.7 Å². The molecule has 0 bridgehead atoms. The summed E-state index contributed by atoms with van der Waals surface area (Å²) in [4.78, 5) is 4.92. The number of rotatable bonds is 4. The molecule has 0 radical (unpaired) electrons. The van der Waals surface area contributed by atoms with E-state index in [4.69, 9.17) is 4.99 Å². The fourth-order valence-electron chi connectivity index (χ4n) is 4.37. The summed E-state index contributed by atoms with van der Waals surface area (Å²) in [7, 11) is 0. The minimum atomic E-state index is 0.285. The van der Waals surface area contributed by atoms with Crippen molar-refractivity contribution in [3.05, 3.63) is 60.2 Å². The highest BCUT2D eigenvalue weighted by Gasteiger charge is 2.36. The normalized spacial score (nSPS) is 31.0. The van der Waals surface area contributed by atoms with Crippen molar-refractivity contribution in [1.82, 2.24) is 10.6 Å². The number of aliphatic imine (C=N–C) groups is 1. The third-order valence-corrected chi connectivity index (χ3v) is 5.82. The first-order valence-corrected chi connectivity index (χ1v) is 9.86. The van der Waals surface area contributed by atoms with Crippen LogP contribution in [0.25, 0.3) is 0 Å². The summed E-state index contributed by atoms with van der Waals surface area (Å²) in [6.07, 6.45) is 16.9. The standard InChI is InChI=1S/C22H29N3/c1-4-10-17(11-5-1)16-23-22-24-20(18-12-6-2-7-13-18)21(25-22)19-14-8-3-9-15-19/h2-3,6-9,12-14,17,19-21H,1,4-5,10-11,15-16H2,(H2,23,24,25)/t19?,20-,21+/m1/s1. The highest BCUT2D eigenvalue weighted by Crippen LogP contribution is 2.30. The highest BCUT2D eigenvalue weighted by atomic mass is 15.3. The first-order valence-electron chi connectivity index (χ1n) is 9.86. The van der Waals surface area contributed by atoms with Crippen LogP contribution in [0.15, 0.2) is 59.6 Å². The fraction of sp³-hybridized carbons (Fsp3) is 0.500. The van der Waals surface area contributed by atoms with Gasteiger partial charge in [0.15, 0.2) is 5.96 Å². The Hall–Kier alpha value is -2.03. The van der Waals surface area contributed by atoms with Gasteiger partial charge >= 0.3 is 0 Å². The third kappa shape index (κ3) is 3.97. The van der Waals surface area contributed by atoms with Crippen LogP contribution in [0.4, 0.5) is 0 Å². The van der Waals surface area contributed by atoms with Crippen molar-refractivity contribution in [2.24, 2.45) is 16.8 Å². The molecule has 2 N–H and O–H groups in total. The zero-order chi connectivity index (χ0) is 16.9. The number of allylic oxidation sites excluding steroid dienone is 3. The van der Waals surface area contributed by atoms with Gasteiger partial charge in [-0.3, -0.25) is 4.99 Å². The molecule has 1 heterocycles. The van der Waals surface area contributed by atoms with Crippen molar-refractivity contribution >= 4 is 5.96 Å². The summed E-state index contributed by atoms with van der Waals surface area (Å²) < 4.78 is 0. The molecule has 0 aromatic heterocycles. The van der Waals surface area contributed by atoms with Crippen LogP contribution < -0.4 is 10.6 Å². The Morgan fingerprint density at radius 1 is 0.960 bits per heavy atom. The molecule has 3 atom stereocenters. The molecule has 1 unspecified atom stereocenters. The zero-order valence-electron chi connectivity index (χ0n) is 14.9. The molecule has 3 aliphatic rings. The molecule has 3 heteroatoms. The van der Waals surface area contributed by atoms with Gasteiger partial charge in [0.25, 0.3) is 0 Å². The predicted molar refractivity (Wildman–Crippen MR) is 105 cm³/mol. The summed E-state index contributed by atoms with van der Waals surface area (Å²) >= 11 is 0. The Kier molecular flexibility index (Phi) is 5.19. The highest BCUT2D eigenvalue weighted by molar-refractivity contribution is 5.83. The smallest absolute Gasteiger partial charge is 0.192 e. The van der Waals surface area contributed by atoms with Gasteiger partial charge in [0.05, 0.1) is 12.1 Å². The largest absolute Gasteiger partial charge is 0.351 e. The average molecular weight is 335 g/mol. The lowest BCUT2D eigenvalue weighted by atomic mass is 9.86. The van der Waals surface area contributed by atoms with Crippen molar-refractivity contribution in [3.8, 4) is 0 Å². The molecule has 0 spiro atoms. The van der Waals surface area contributed by atoms with Gasteiger partial charge < -0.3 is 10.6 Å². The molecule has 1 saturated heterocycles. The van der Waals surface area contributed by atoms with Crippen LogP contribution in [0.5, 0.6) is 0 Å². The van der Waals surface area contributed by atoms with E-state index in [2.05, 4.69) is 65.3 Å². The van der Waals surface area contributed by atoms with Crippen molar-refractivity contribution in [3.63, 3.8) is 0 Å². The zero-order valence-corrected chi connectivity index (χ0v) is 14.9. The first-order chi connectivity index (χ1) is 12.4. The maximum absolute atomic E-state index is 4.92. The Labute approximate surface area is 151 Å². The monoisotopic (exact) mass is 335 g/mol. The van der Waals surface area contributed by atoms with E-state index >= 15 is 0 Å². The number of hydrogen-bond acceptors (Lipinski definition) is 1. The van der Waals surface area contributed by atoms with Gasteiger partial charge in [-0.15, -0.1) is 0 Å². The summed E-state index contributed by atoms with van der Waals surface area (Å²) in [6.45, 7) is 0.962. The van der Waals surface area contributed by atoms with Gasteiger partial charge in [-0.2, -0.15) is 0 Å². The molecule has 1 aliphatic heterocycles. The molecule has 1 aromatic carbocycles. The van der Waals surface area contributed by atoms with Crippen molar-refractivity contribution < 1.29 is 0 Å². The van der Waals surface area contributed by atoms with Crippen LogP contribution in [0.1, 0.15) is 50.1 Å². The topological polar surface area (TPSA) is 36.4 Å². The van der Waals surface area contributed by atoms with Crippen LogP contribution in [-0.2, 0) is 0 Å². The van der Waals surface area contributed by atoms with Crippen molar-refractivity contribution in [2.75, 3.05) is 6.54 Å². The van der Waals surface area contributed by atoms with E-state index in [1.165, 1.54) is 37.7 Å². The fourth-order valence-corrected chi connectivity index (χ4v) is 4.37. The SMILES string of the molecule is C1=CCC([C@@H]2NC(=NCC3CCCCC3)N[C@@H]2c2ccccc2)C=C1. The maximum atomic E-state index is 4.92. The third-order valence-electron chi connectivity index (χ3n) is 5.82. The molecule has 0 amide bonds.